The first-order valence-electron chi connectivity index (χ1n) is 12.4. The Morgan fingerprint density at radius 2 is 1.67 bits per heavy atom. The van der Waals surface area contributed by atoms with Gasteiger partial charge in [0.2, 0.25) is 0 Å². The van der Waals surface area contributed by atoms with Crippen molar-refractivity contribution in [2.75, 3.05) is 45.2 Å². The average Bonchev–Trinajstić information content (AvgIpc) is 3.25. The Balaban J connectivity index is 1.95. The summed E-state index contributed by atoms with van der Waals surface area (Å²) in [5.74, 6) is -1.79. The number of Topliss-reactive ketones (excluding diaryl/α,β-unsaturated/α-hetero) is 1. The van der Waals surface area contributed by atoms with Gasteiger partial charge < -0.3 is 24.5 Å². The topological polar surface area (TPSA) is 90.4 Å². The van der Waals surface area contributed by atoms with E-state index >= 15 is 0 Å². The van der Waals surface area contributed by atoms with Crippen molar-refractivity contribution in [1.29, 1.82) is 0 Å². The van der Waals surface area contributed by atoms with Crippen molar-refractivity contribution in [1.82, 2.24) is 9.80 Å². The van der Waals surface area contributed by atoms with Crippen molar-refractivity contribution in [3.8, 4) is 5.75 Å². The minimum absolute atomic E-state index is 0.151. The number of carbonyl (C=O) groups is 3. The molecule has 1 spiro atoms. The summed E-state index contributed by atoms with van der Waals surface area (Å²) < 4.78 is 5.63. The second kappa shape index (κ2) is 10.1. The molecule has 0 unspecified atom stereocenters. The van der Waals surface area contributed by atoms with E-state index in [2.05, 4.69) is 0 Å². The summed E-state index contributed by atoms with van der Waals surface area (Å²) in [5, 5.41) is 11.5. The fourth-order valence-corrected chi connectivity index (χ4v) is 4.99. The van der Waals surface area contributed by atoms with Crippen LogP contribution >= 0.6 is 0 Å². The smallest absolute Gasteiger partial charge is 0.296 e. The zero-order valence-electron chi connectivity index (χ0n) is 21.3. The zero-order chi connectivity index (χ0) is 26.0. The third-order valence-electron chi connectivity index (χ3n) is 6.63. The van der Waals surface area contributed by atoms with Crippen molar-refractivity contribution in [3.63, 3.8) is 0 Å². The van der Waals surface area contributed by atoms with Gasteiger partial charge in [0.05, 0.1) is 17.9 Å². The second-order valence-electron chi connectivity index (χ2n) is 9.37. The lowest BCUT2D eigenvalue weighted by Crippen LogP contribution is -2.53. The van der Waals surface area contributed by atoms with Gasteiger partial charge in [-0.05, 0) is 57.3 Å². The van der Waals surface area contributed by atoms with Gasteiger partial charge in [-0.25, -0.2) is 0 Å². The molecule has 2 aromatic carbocycles. The van der Waals surface area contributed by atoms with Crippen LogP contribution in [-0.2, 0) is 19.9 Å². The largest absolute Gasteiger partial charge is 0.507 e. The number of hydrogen-bond acceptors (Lipinski definition) is 6. The Kier molecular flexibility index (Phi) is 7.17. The fraction of sp³-hybridized carbons (Fsp3) is 0.393. The molecule has 0 aliphatic carbocycles. The number of rotatable bonds is 9. The summed E-state index contributed by atoms with van der Waals surface area (Å²) in [6.07, 6.45) is 1.55. The van der Waals surface area contributed by atoms with Gasteiger partial charge in [0, 0.05) is 30.8 Å². The first-order chi connectivity index (χ1) is 17.3. The Bertz CT molecular complexity index is 1200. The van der Waals surface area contributed by atoms with Gasteiger partial charge in [-0.2, -0.15) is 0 Å². The third kappa shape index (κ3) is 3.95. The van der Waals surface area contributed by atoms with Gasteiger partial charge in [0.15, 0.2) is 5.54 Å². The molecule has 2 aliphatic heterocycles. The van der Waals surface area contributed by atoms with Crippen LogP contribution in [-0.4, -0.2) is 72.8 Å². The average molecular weight is 492 g/mol. The van der Waals surface area contributed by atoms with Crippen LogP contribution in [0.5, 0.6) is 5.75 Å². The van der Waals surface area contributed by atoms with Gasteiger partial charge in [0.1, 0.15) is 11.5 Å². The summed E-state index contributed by atoms with van der Waals surface area (Å²) in [4.78, 5) is 46.1. The number of likely N-dealkylation sites (tertiary alicyclic amines) is 1. The van der Waals surface area contributed by atoms with Gasteiger partial charge in [-0.1, -0.05) is 32.0 Å². The molecule has 0 bridgehead atoms. The molecule has 190 valence electrons. The molecule has 0 aromatic heterocycles. The molecule has 8 nitrogen and oxygen atoms in total. The highest BCUT2D eigenvalue weighted by Gasteiger charge is 2.66. The van der Waals surface area contributed by atoms with Crippen LogP contribution in [0.3, 0.4) is 0 Å². The predicted octanol–water partition coefficient (Wildman–Crippen LogP) is 3.37. The van der Waals surface area contributed by atoms with E-state index in [1.165, 1.54) is 4.90 Å². The minimum Gasteiger partial charge on any atom is -0.507 e. The first kappa shape index (κ1) is 25.4. The highest BCUT2D eigenvalue weighted by atomic mass is 16.5. The number of fused-ring (bicyclic) bond motifs is 2. The van der Waals surface area contributed by atoms with E-state index in [-0.39, 0.29) is 17.9 Å². The minimum atomic E-state index is -1.72. The molecule has 1 saturated heterocycles. The van der Waals surface area contributed by atoms with Crippen LogP contribution in [0.1, 0.15) is 37.8 Å². The van der Waals surface area contributed by atoms with E-state index < -0.39 is 23.1 Å². The van der Waals surface area contributed by atoms with Crippen molar-refractivity contribution in [3.05, 3.63) is 65.2 Å². The lowest BCUT2D eigenvalue weighted by molar-refractivity contribution is -0.143. The molecule has 1 fully saturated rings. The Hall–Kier alpha value is -3.65. The number of hydrogen-bond donors (Lipinski definition) is 1. The normalized spacial score (nSPS) is 20.6. The predicted molar refractivity (Wildman–Crippen MR) is 138 cm³/mol. The van der Waals surface area contributed by atoms with Crippen molar-refractivity contribution in [2.24, 2.45) is 0 Å². The van der Waals surface area contributed by atoms with Crippen LogP contribution in [0.15, 0.2) is 54.1 Å². The number of ketones is 1. The molecule has 0 radical (unpaired) electrons. The lowest BCUT2D eigenvalue weighted by Gasteiger charge is -2.35. The van der Waals surface area contributed by atoms with E-state index in [9.17, 15) is 19.5 Å². The molecule has 1 atom stereocenters. The van der Waals surface area contributed by atoms with Crippen molar-refractivity contribution >= 4 is 29.0 Å². The molecular formula is C28H33N3O5. The van der Waals surface area contributed by atoms with Crippen molar-refractivity contribution < 1.29 is 24.2 Å². The van der Waals surface area contributed by atoms with E-state index in [1.807, 2.05) is 45.0 Å². The van der Waals surface area contributed by atoms with Crippen LogP contribution in [0.25, 0.3) is 5.76 Å². The SMILES string of the molecule is CCCOc1ccc(C(O)=C2C(=O)C(=O)N(CCN(C)C)[C@]23C(=O)N(CCC)c2ccccc23)cc1. The molecular weight excluding hydrogens is 458 g/mol. The van der Waals surface area contributed by atoms with E-state index in [1.54, 1.807) is 41.3 Å². The monoisotopic (exact) mass is 491 g/mol. The standard InChI is InChI=1S/C28H33N3O5/c1-5-15-30-22-10-8-7-9-21(22)28(27(30)35)23(25(33)26(34)31(28)17-16-29(3)4)24(32)19-11-13-20(14-12-19)36-18-6-2/h7-14,32H,5-6,15-18H2,1-4H3/t28-/m0/s1. The maximum absolute atomic E-state index is 14.2. The highest BCUT2D eigenvalue weighted by molar-refractivity contribution is 6.50. The molecule has 2 amide bonds. The van der Waals surface area contributed by atoms with E-state index in [0.29, 0.717) is 48.7 Å². The molecule has 2 aliphatic rings. The first-order valence-corrected chi connectivity index (χ1v) is 12.4. The van der Waals surface area contributed by atoms with Crippen LogP contribution in [0.4, 0.5) is 5.69 Å². The molecule has 2 aromatic rings. The molecule has 8 heteroatoms. The Labute approximate surface area is 211 Å². The Morgan fingerprint density at radius 3 is 2.31 bits per heavy atom. The van der Waals surface area contributed by atoms with E-state index in [0.717, 1.165) is 6.42 Å². The Morgan fingerprint density at radius 1 is 0.972 bits per heavy atom. The number of ether oxygens (including phenoxy) is 1. The number of benzene rings is 2. The van der Waals surface area contributed by atoms with Gasteiger partial charge in [0.25, 0.3) is 17.6 Å². The number of amides is 2. The number of likely N-dealkylation sites (N-methyl/N-ethyl adjacent to an activating group) is 1. The maximum Gasteiger partial charge on any atom is 0.296 e. The molecule has 4 rings (SSSR count). The number of anilines is 1. The summed E-state index contributed by atoms with van der Waals surface area (Å²) in [7, 11) is 3.72. The lowest BCUT2D eigenvalue weighted by atomic mass is 9.82. The summed E-state index contributed by atoms with van der Waals surface area (Å²) in [5.41, 5.74) is -0.397. The highest BCUT2D eigenvalue weighted by Crippen LogP contribution is 2.53. The molecule has 2 heterocycles. The summed E-state index contributed by atoms with van der Waals surface area (Å²) >= 11 is 0. The summed E-state index contributed by atoms with van der Waals surface area (Å²) in [6, 6.07) is 13.9. The van der Waals surface area contributed by atoms with Crippen LogP contribution in [0, 0.1) is 0 Å². The van der Waals surface area contributed by atoms with Gasteiger partial charge in [-0.3, -0.25) is 14.4 Å². The molecule has 1 N–H and O–H groups in total. The van der Waals surface area contributed by atoms with Gasteiger partial charge >= 0.3 is 0 Å². The zero-order valence-corrected chi connectivity index (χ0v) is 21.3. The number of para-hydroxylation sites is 1. The number of carbonyl (C=O) groups excluding carboxylic acids is 3. The van der Waals surface area contributed by atoms with Crippen LogP contribution < -0.4 is 9.64 Å². The molecule has 36 heavy (non-hydrogen) atoms. The number of aliphatic hydroxyl groups excluding tert-OH is 1. The molecule has 0 saturated carbocycles. The number of aliphatic hydroxyl groups is 1. The van der Waals surface area contributed by atoms with E-state index in [4.69, 9.17) is 4.74 Å². The summed E-state index contributed by atoms with van der Waals surface area (Å²) in [6.45, 7) is 5.56. The quantitative estimate of drug-likeness (QED) is 0.329. The maximum atomic E-state index is 14.2. The second-order valence-corrected chi connectivity index (χ2v) is 9.37. The third-order valence-corrected chi connectivity index (χ3v) is 6.63. The van der Waals surface area contributed by atoms with Crippen molar-refractivity contribution in [2.45, 2.75) is 32.2 Å². The fourth-order valence-electron chi connectivity index (χ4n) is 4.99. The van der Waals surface area contributed by atoms with Crippen LogP contribution in [0.2, 0.25) is 0 Å². The number of nitrogens with zero attached hydrogens (tertiary/aromatic N) is 3. The van der Waals surface area contributed by atoms with Gasteiger partial charge in [-0.15, -0.1) is 0 Å².